The molecule has 4 fully saturated rings. The van der Waals surface area contributed by atoms with E-state index in [2.05, 4.69) is 53.8 Å². The van der Waals surface area contributed by atoms with Gasteiger partial charge in [-0.2, -0.15) is 0 Å². The average molecular weight is 523 g/mol. The van der Waals surface area contributed by atoms with E-state index in [4.69, 9.17) is 15.7 Å². The molecule has 4 aliphatic rings. The predicted molar refractivity (Wildman–Crippen MR) is 157 cm³/mol. The van der Waals surface area contributed by atoms with Gasteiger partial charge in [-0.3, -0.25) is 4.79 Å². The minimum absolute atomic E-state index is 0.0913. The second kappa shape index (κ2) is 10.8. The van der Waals surface area contributed by atoms with Crippen molar-refractivity contribution in [2.75, 3.05) is 5.32 Å². The van der Waals surface area contributed by atoms with Gasteiger partial charge >= 0.3 is 0 Å². The summed E-state index contributed by atoms with van der Waals surface area (Å²) in [5.41, 5.74) is 11.6. The summed E-state index contributed by atoms with van der Waals surface area (Å²) >= 11 is 0. The molecule has 0 aliphatic heterocycles. The zero-order chi connectivity index (χ0) is 27.0. The van der Waals surface area contributed by atoms with Gasteiger partial charge in [0.05, 0.1) is 11.7 Å². The molecule has 4 bridgehead atoms. The van der Waals surface area contributed by atoms with Crippen LogP contribution in [0, 0.1) is 23.7 Å². The van der Waals surface area contributed by atoms with Crippen LogP contribution in [0.2, 0.25) is 0 Å². The number of hydrogen-bond acceptors (Lipinski definition) is 4. The van der Waals surface area contributed by atoms with Crippen LogP contribution in [-0.4, -0.2) is 21.9 Å². The molecule has 39 heavy (non-hydrogen) atoms. The van der Waals surface area contributed by atoms with Crippen LogP contribution >= 0.6 is 0 Å². The first-order chi connectivity index (χ1) is 18.9. The zero-order valence-electron chi connectivity index (χ0n) is 23.4. The predicted octanol–water partition coefficient (Wildman–Crippen LogP) is 6.71. The minimum Gasteiger partial charge on any atom is -0.325 e. The molecule has 0 spiro atoms. The van der Waals surface area contributed by atoms with Crippen molar-refractivity contribution in [2.24, 2.45) is 29.4 Å². The number of amides is 1. The number of nitrogens with two attached hydrogens (primary N) is 1. The minimum atomic E-state index is -0.521. The van der Waals surface area contributed by atoms with Crippen LogP contribution in [0.25, 0.3) is 11.3 Å². The van der Waals surface area contributed by atoms with Crippen LogP contribution in [0.5, 0.6) is 0 Å². The van der Waals surface area contributed by atoms with E-state index in [9.17, 15) is 4.79 Å². The van der Waals surface area contributed by atoms with Crippen LogP contribution in [0.3, 0.4) is 0 Å². The van der Waals surface area contributed by atoms with E-state index in [0.29, 0.717) is 0 Å². The number of nitrogens with zero attached hydrogens (tertiary/aromatic N) is 2. The third kappa shape index (κ3) is 5.65. The number of rotatable bonds is 9. The number of carbonyl (C=O) groups is 1. The summed E-state index contributed by atoms with van der Waals surface area (Å²) in [5, 5.41) is 2.96. The summed E-state index contributed by atoms with van der Waals surface area (Å²) in [6, 6.07) is 20.5. The SMILES string of the molecule is CC(C)[C@H](N)C(=O)Nc1ccc(-c2cc(CCCc3ccccc3)nc(C34CC5CC(CC(C5)C3)C4)n2)cc1. The second-order valence-corrected chi connectivity index (χ2v) is 12.9. The third-order valence-electron chi connectivity index (χ3n) is 9.50. The first-order valence-corrected chi connectivity index (χ1v) is 15.0. The Balaban J connectivity index is 1.27. The number of anilines is 1. The number of carbonyl (C=O) groups excluding carboxylic acids is 1. The quantitative estimate of drug-likeness (QED) is 0.327. The van der Waals surface area contributed by atoms with E-state index in [1.165, 1.54) is 44.1 Å². The molecule has 1 aromatic heterocycles. The highest BCUT2D eigenvalue weighted by Gasteiger charge is 2.53. The van der Waals surface area contributed by atoms with Gasteiger partial charge in [-0.15, -0.1) is 0 Å². The molecule has 0 unspecified atom stereocenters. The maximum absolute atomic E-state index is 12.4. The molecule has 7 rings (SSSR count). The van der Waals surface area contributed by atoms with Gasteiger partial charge in [0.1, 0.15) is 5.82 Å². The van der Waals surface area contributed by atoms with E-state index in [0.717, 1.165) is 65.5 Å². The molecule has 1 heterocycles. The van der Waals surface area contributed by atoms with Crippen LogP contribution in [-0.2, 0) is 23.1 Å². The van der Waals surface area contributed by atoms with Gasteiger partial charge < -0.3 is 11.1 Å². The first kappa shape index (κ1) is 26.2. The van der Waals surface area contributed by atoms with E-state index in [1.54, 1.807) is 0 Å². The molecular weight excluding hydrogens is 480 g/mol. The molecule has 3 aromatic rings. The summed E-state index contributed by atoms with van der Waals surface area (Å²) < 4.78 is 0. The van der Waals surface area contributed by atoms with Gasteiger partial charge in [0.25, 0.3) is 0 Å². The largest absolute Gasteiger partial charge is 0.325 e. The van der Waals surface area contributed by atoms with Crippen molar-refractivity contribution in [2.45, 2.75) is 83.1 Å². The Hall–Kier alpha value is -3.05. The fourth-order valence-corrected chi connectivity index (χ4v) is 7.77. The van der Waals surface area contributed by atoms with Gasteiger partial charge in [0, 0.05) is 22.4 Å². The van der Waals surface area contributed by atoms with Crippen molar-refractivity contribution in [1.29, 1.82) is 0 Å². The van der Waals surface area contributed by atoms with Gasteiger partial charge in [0.15, 0.2) is 0 Å². The number of nitrogens with one attached hydrogen (secondary N) is 1. The normalized spacial score (nSPS) is 26.1. The van der Waals surface area contributed by atoms with Gasteiger partial charge in [-0.25, -0.2) is 9.97 Å². The Morgan fingerprint density at radius 1 is 0.923 bits per heavy atom. The van der Waals surface area contributed by atoms with Crippen molar-refractivity contribution in [3.05, 3.63) is 77.7 Å². The Morgan fingerprint density at radius 2 is 1.56 bits per heavy atom. The van der Waals surface area contributed by atoms with E-state index in [1.807, 2.05) is 26.0 Å². The smallest absolute Gasteiger partial charge is 0.241 e. The van der Waals surface area contributed by atoms with Crippen molar-refractivity contribution in [1.82, 2.24) is 9.97 Å². The highest BCUT2D eigenvalue weighted by molar-refractivity contribution is 5.95. The Morgan fingerprint density at radius 3 is 2.18 bits per heavy atom. The van der Waals surface area contributed by atoms with Gasteiger partial charge in [0.2, 0.25) is 5.91 Å². The molecule has 1 atom stereocenters. The van der Waals surface area contributed by atoms with Gasteiger partial charge in [-0.05, 0) is 105 Å². The zero-order valence-corrected chi connectivity index (χ0v) is 23.4. The number of hydrogen-bond donors (Lipinski definition) is 2. The van der Waals surface area contributed by atoms with Crippen LogP contribution in [0.15, 0.2) is 60.7 Å². The number of aromatic nitrogens is 2. The lowest BCUT2D eigenvalue weighted by molar-refractivity contribution is -0.118. The standard InChI is InChI=1S/C34H42N4O/c1-22(2)31(35)32(39)36-28-13-11-27(12-14-28)30-18-29(10-6-9-23-7-4-3-5-8-23)37-33(38-30)34-19-24-15-25(20-34)17-26(16-24)21-34/h3-5,7-8,11-14,18,22,24-26,31H,6,9-10,15-17,19-21,35H2,1-2H3,(H,36,39)/t24?,25?,26?,31-,34?/m0/s1. The highest BCUT2D eigenvalue weighted by atomic mass is 16.2. The van der Waals surface area contributed by atoms with E-state index < -0.39 is 6.04 Å². The summed E-state index contributed by atoms with van der Waals surface area (Å²) in [7, 11) is 0. The average Bonchev–Trinajstić information content (AvgIpc) is 2.92. The fraction of sp³-hybridized carbons (Fsp3) is 0.500. The van der Waals surface area contributed by atoms with Crippen LogP contribution in [0.4, 0.5) is 5.69 Å². The highest BCUT2D eigenvalue weighted by Crippen LogP contribution is 2.60. The molecule has 2 aromatic carbocycles. The van der Waals surface area contributed by atoms with Gasteiger partial charge in [-0.1, -0.05) is 56.3 Å². The van der Waals surface area contributed by atoms with E-state index >= 15 is 0 Å². The Kier molecular flexibility index (Phi) is 7.28. The van der Waals surface area contributed by atoms with Crippen molar-refractivity contribution >= 4 is 11.6 Å². The molecule has 1 amide bonds. The molecule has 4 saturated carbocycles. The van der Waals surface area contributed by atoms with Crippen molar-refractivity contribution in [3.63, 3.8) is 0 Å². The topological polar surface area (TPSA) is 80.9 Å². The third-order valence-corrected chi connectivity index (χ3v) is 9.50. The first-order valence-electron chi connectivity index (χ1n) is 15.0. The molecule has 5 nitrogen and oxygen atoms in total. The van der Waals surface area contributed by atoms with Crippen molar-refractivity contribution < 1.29 is 4.79 Å². The molecular formula is C34H42N4O. The van der Waals surface area contributed by atoms with Crippen molar-refractivity contribution in [3.8, 4) is 11.3 Å². The van der Waals surface area contributed by atoms with Crippen LogP contribution in [0.1, 0.15) is 75.9 Å². The molecule has 3 N–H and O–H groups in total. The lowest BCUT2D eigenvalue weighted by atomic mass is 9.49. The Labute approximate surface area is 233 Å². The summed E-state index contributed by atoms with van der Waals surface area (Å²) in [6.45, 7) is 3.92. The summed E-state index contributed by atoms with van der Waals surface area (Å²) in [5.74, 6) is 3.59. The molecule has 204 valence electrons. The second-order valence-electron chi connectivity index (χ2n) is 12.9. The maximum Gasteiger partial charge on any atom is 0.241 e. The lowest BCUT2D eigenvalue weighted by Crippen LogP contribution is -2.49. The molecule has 0 saturated heterocycles. The summed E-state index contributed by atoms with van der Waals surface area (Å²) in [4.78, 5) is 23.0. The molecule has 0 radical (unpaired) electrons. The van der Waals surface area contributed by atoms with Crippen LogP contribution < -0.4 is 11.1 Å². The number of benzene rings is 2. The molecule has 4 aliphatic carbocycles. The maximum atomic E-state index is 12.4. The van der Waals surface area contributed by atoms with E-state index in [-0.39, 0.29) is 17.2 Å². The fourth-order valence-electron chi connectivity index (χ4n) is 7.77. The molecule has 5 heteroatoms. The lowest BCUT2D eigenvalue weighted by Gasteiger charge is -2.56. The number of aryl methyl sites for hydroxylation is 2. The Bertz CT molecular complexity index is 1270. The summed E-state index contributed by atoms with van der Waals surface area (Å²) in [6.07, 6.45) is 11.1. The monoisotopic (exact) mass is 522 g/mol.